The molecule has 0 aliphatic heterocycles. The third kappa shape index (κ3) is 5.55. The lowest BCUT2D eigenvalue weighted by Gasteiger charge is -2.20. The van der Waals surface area contributed by atoms with Gasteiger partial charge in [-0.1, -0.05) is 20.3 Å². The standard InChI is InChI=1S/C10H20N2O4/c1-4-7(2)8(9(13)14)12-10(15)11-5-6-16-3/h7-8H,4-6H2,1-3H3,(H,13,14)(H2,11,12,15)/t7?,8-/m0/s1. The summed E-state index contributed by atoms with van der Waals surface area (Å²) in [7, 11) is 1.53. The zero-order chi connectivity index (χ0) is 12.6. The lowest BCUT2D eigenvalue weighted by atomic mass is 9.99. The van der Waals surface area contributed by atoms with Crippen LogP contribution in [0.4, 0.5) is 4.79 Å². The number of carbonyl (C=O) groups is 2. The first-order chi connectivity index (χ1) is 7.52. The fraction of sp³-hybridized carbons (Fsp3) is 0.800. The van der Waals surface area contributed by atoms with Gasteiger partial charge in [-0.3, -0.25) is 0 Å². The minimum Gasteiger partial charge on any atom is -0.480 e. The number of carboxylic acid groups (broad SMARTS) is 1. The second-order valence-electron chi connectivity index (χ2n) is 3.59. The number of urea groups is 1. The van der Waals surface area contributed by atoms with E-state index in [9.17, 15) is 9.59 Å². The monoisotopic (exact) mass is 232 g/mol. The number of rotatable bonds is 7. The maximum atomic E-state index is 11.3. The highest BCUT2D eigenvalue weighted by Gasteiger charge is 2.24. The fourth-order valence-electron chi connectivity index (χ4n) is 1.14. The molecule has 94 valence electrons. The quantitative estimate of drug-likeness (QED) is 0.555. The highest BCUT2D eigenvalue weighted by Crippen LogP contribution is 2.07. The topological polar surface area (TPSA) is 87.7 Å². The zero-order valence-corrected chi connectivity index (χ0v) is 9.95. The summed E-state index contributed by atoms with van der Waals surface area (Å²) in [6.07, 6.45) is 0.690. The van der Waals surface area contributed by atoms with Crippen molar-refractivity contribution in [3.63, 3.8) is 0 Å². The van der Waals surface area contributed by atoms with Crippen LogP contribution in [-0.4, -0.2) is 43.4 Å². The zero-order valence-electron chi connectivity index (χ0n) is 9.95. The number of carbonyl (C=O) groups excluding carboxylic acids is 1. The smallest absolute Gasteiger partial charge is 0.326 e. The van der Waals surface area contributed by atoms with Gasteiger partial charge < -0.3 is 20.5 Å². The molecule has 0 aromatic heterocycles. The van der Waals surface area contributed by atoms with E-state index in [1.165, 1.54) is 7.11 Å². The number of ether oxygens (including phenoxy) is 1. The molecule has 6 heteroatoms. The minimum atomic E-state index is -1.02. The third-order valence-electron chi connectivity index (χ3n) is 2.36. The Bertz CT molecular complexity index is 233. The second-order valence-corrected chi connectivity index (χ2v) is 3.59. The van der Waals surface area contributed by atoms with Crippen LogP contribution < -0.4 is 10.6 Å². The molecule has 0 aliphatic carbocycles. The Kier molecular flexibility index (Phi) is 7.28. The van der Waals surface area contributed by atoms with E-state index in [2.05, 4.69) is 10.6 Å². The maximum Gasteiger partial charge on any atom is 0.326 e. The molecule has 0 fully saturated rings. The molecular formula is C10H20N2O4. The van der Waals surface area contributed by atoms with E-state index >= 15 is 0 Å². The molecule has 0 saturated carbocycles. The van der Waals surface area contributed by atoms with Crippen LogP contribution in [-0.2, 0) is 9.53 Å². The van der Waals surface area contributed by atoms with Gasteiger partial charge >= 0.3 is 12.0 Å². The predicted octanol–water partition coefficient (Wildman–Crippen LogP) is 0.431. The Morgan fingerprint density at radius 2 is 2.06 bits per heavy atom. The predicted molar refractivity (Wildman–Crippen MR) is 59.3 cm³/mol. The van der Waals surface area contributed by atoms with Gasteiger partial charge in [0.25, 0.3) is 0 Å². The molecule has 1 unspecified atom stereocenters. The molecule has 0 rings (SSSR count). The van der Waals surface area contributed by atoms with E-state index in [-0.39, 0.29) is 5.92 Å². The lowest BCUT2D eigenvalue weighted by Crippen LogP contribution is -2.49. The van der Waals surface area contributed by atoms with E-state index in [1.54, 1.807) is 6.92 Å². The van der Waals surface area contributed by atoms with Gasteiger partial charge in [0.15, 0.2) is 0 Å². The summed E-state index contributed by atoms with van der Waals surface area (Å²) in [4.78, 5) is 22.2. The number of nitrogens with one attached hydrogen (secondary N) is 2. The molecule has 0 bridgehead atoms. The Hall–Kier alpha value is -1.30. The van der Waals surface area contributed by atoms with Crippen LogP contribution in [0.5, 0.6) is 0 Å². The van der Waals surface area contributed by atoms with Gasteiger partial charge in [0.05, 0.1) is 6.61 Å². The molecule has 0 radical (unpaired) electrons. The van der Waals surface area contributed by atoms with Crippen molar-refractivity contribution in [3.05, 3.63) is 0 Å². The fourth-order valence-corrected chi connectivity index (χ4v) is 1.14. The summed E-state index contributed by atoms with van der Waals surface area (Å²) in [6.45, 7) is 4.42. The van der Waals surface area contributed by atoms with Crippen molar-refractivity contribution in [1.29, 1.82) is 0 Å². The Morgan fingerprint density at radius 1 is 1.44 bits per heavy atom. The molecule has 3 N–H and O–H groups in total. The highest BCUT2D eigenvalue weighted by atomic mass is 16.5. The van der Waals surface area contributed by atoms with E-state index in [4.69, 9.17) is 9.84 Å². The molecule has 0 heterocycles. The molecular weight excluding hydrogens is 212 g/mol. The summed E-state index contributed by atoms with van der Waals surface area (Å²) < 4.78 is 4.75. The molecule has 0 spiro atoms. The maximum absolute atomic E-state index is 11.3. The van der Waals surface area contributed by atoms with E-state index in [0.717, 1.165) is 0 Å². The summed E-state index contributed by atoms with van der Waals surface area (Å²) in [5, 5.41) is 13.9. The van der Waals surface area contributed by atoms with Gasteiger partial charge in [0.2, 0.25) is 0 Å². The van der Waals surface area contributed by atoms with Crippen molar-refractivity contribution in [2.24, 2.45) is 5.92 Å². The average Bonchev–Trinajstić information content (AvgIpc) is 2.25. The second kappa shape index (κ2) is 7.92. The molecule has 0 aromatic carbocycles. The summed E-state index contributed by atoms with van der Waals surface area (Å²) >= 11 is 0. The van der Waals surface area contributed by atoms with Gasteiger partial charge in [-0.15, -0.1) is 0 Å². The van der Waals surface area contributed by atoms with E-state index < -0.39 is 18.0 Å². The van der Waals surface area contributed by atoms with Gasteiger partial charge in [0.1, 0.15) is 6.04 Å². The average molecular weight is 232 g/mol. The van der Waals surface area contributed by atoms with Gasteiger partial charge in [-0.2, -0.15) is 0 Å². The normalized spacial score (nSPS) is 13.9. The molecule has 2 amide bonds. The Labute approximate surface area is 95.4 Å². The van der Waals surface area contributed by atoms with Gasteiger partial charge in [0, 0.05) is 13.7 Å². The molecule has 0 aromatic rings. The molecule has 0 aliphatic rings. The van der Waals surface area contributed by atoms with Gasteiger partial charge in [-0.25, -0.2) is 9.59 Å². The first-order valence-corrected chi connectivity index (χ1v) is 5.29. The van der Waals surface area contributed by atoms with Crippen LogP contribution in [0.25, 0.3) is 0 Å². The number of hydrogen-bond acceptors (Lipinski definition) is 3. The number of aliphatic carboxylic acids is 1. The summed E-state index contributed by atoms with van der Waals surface area (Å²) in [6, 6.07) is -1.34. The first-order valence-electron chi connectivity index (χ1n) is 5.29. The van der Waals surface area contributed by atoms with Crippen LogP contribution in [0, 0.1) is 5.92 Å². The van der Waals surface area contributed by atoms with Crippen molar-refractivity contribution in [3.8, 4) is 0 Å². The molecule has 16 heavy (non-hydrogen) atoms. The third-order valence-corrected chi connectivity index (χ3v) is 2.36. The van der Waals surface area contributed by atoms with Crippen molar-refractivity contribution in [1.82, 2.24) is 10.6 Å². The number of hydrogen-bond donors (Lipinski definition) is 3. The van der Waals surface area contributed by atoms with Crippen LogP contribution in [0.3, 0.4) is 0 Å². The van der Waals surface area contributed by atoms with Crippen LogP contribution >= 0.6 is 0 Å². The molecule has 6 nitrogen and oxygen atoms in total. The Morgan fingerprint density at radius 3 is 2.50 bits per heavy atom. The summed E-state index contributed by atoms with van der Waals surface area (Å²) in [5.41, 5.74) is 0. The highest BCUT2D eigenvalue weighted by molar-refractivity contribution is 5.82. The first kappa shape index (κ1) is 14.7. The van der Waals surface area contributed by atoms with Crippen LogP contribution in [0.15, 0.2) is 0 Å². The minimum absolute atomic E-state index is 0.106. The van der Waals surface area contributed by atoms with Gasteiger partial charge in [-0.05, 0) is 5.92 Å². The van der Waals surface area contributed by atoms with E-state index in [0.29, 0.717) is 19.6 Å². The van der Waals surface area contributed by atoms with Crippen LogP contribution in [0.1, 0.15) is 20.3 Å². The van der Waals surface area contributed by atoms with E-state index in [1.807, 2.05) is 6.92 Å². The number of methoxy groups -OCH3 is 1. The van der Waals surface area contributed by atoms with Crippen molar-refractivity contribution in [2.45, 2.75) is 26.3 Å². The largest absolute Gasteiger partial charge is 0.480 e. The number of carboxylic acids is 1. The van der Waals surface area contributed by atoms with Crippen molar-refractivity contribution >= 4 is 12.0 Å². The molecule has 0 saturated heterocycles. The Balaban J connectivity index is 4.09. The SMILES string of the molecule is CCC(C)[C@H](NC(=O)NCCOC)C(=O)O. The number of amides is 2. The molecule has 2 atom stereocenters. The van der Waals surface area contributed by atoms with Crippen LogP contribution in [0.2, 0.25) is 0 Å². The lowest BCUT2D eigenvalue weighted by molar-refractivity contribution is -0.140. The van der Waals surface area contributed by atoms with Crippen molar-refractivity contribution < 1.29 is 19.4 Å². The van der Waals surface area contributed by atoms with Crippen molar-refractivity contribution in [2.75, 3.05) is 20.3 Å². The summed E-state index contributed by atoms with van der Waals surface area (Å²) in [5.74, 6) is -1.12.